The summed E-state index contributed by atoms with van der Waals surface area (Å²) in [6, 6.07) is 8.45. The van der Waals surface area contributed by atoms with E-state index in [0.717, 1.165) is 35.9 Å². The van der Waals surface area contributed by atoms with Gasteiger partial charge < -0.3 is 0 Å². The van der Waals surface area contributed by atoms with Gasteiger partial charge in [0.05, 0.1) is 11.3 Å². The molecule has 0 N–H and O–H groups in total. The van der Waals surface area contributed by atoms with Gasteiger partial charge in [0.25, 0.3) is 5.78 Å². The molecule has 2 aromatic heterocycles. The van der Waals surface area contributed by atoms with Crippen molar-refractivity contribution < 1.29 is 4.79 Å². The number of unbranched alkanes of at least 4 members (excludes halogenated alkanes) is 1. The molecule has 4 rings (SSSR count). The molecular weight excluding hydrogens is 344 g/mol. The molecule has 0 aliphatic heterocycles. The lowest BCUT2D eigenvalue weighted by Crippen LogP contribution is -2.21. The molecule has 0 saturated heterocycles. The van der Waals surface area contributed by atoms with Crippen LogP contribution in [0.1, 0.15) is 59.3 Å². The van der Waals surface area contributed by atoms with Crippen LogP contribution in [-0.4, -0.2) is 31.1 Å². The molecule has 1 aliphatic rings. The summed E-state index contributed by atoms with van der Waals surface area (Å²) in [5.41, 5.74) is 3.97. The third-order valence-corrected chi connectivity index (χ3v) is 5.76. The quantitative estimate of drug-likeness (QED) is 0.499. The third kappa shape index (κ3) is 3.38. The summed E-state index contributed by atoms with van der Waals surface area (Å²) in [6.45, 7) is 4.24. The van der Waals surface area contributed by atoms with Crippen molar-refractivity contribution in [1.29, 1.82) is 0 Å². The summed E-state index contributed by atoms with van der Waals surface area (Å²) in [6.07, 6.45) is 5.40. The van der Waals surface area contributed by atoms with Crippen LogP contribution in [0.25, 0.3) is 5.78 Å². The summed E-state index contributed by atoms with van der Waals surface area (Å²) in [5.74, 6) is 1.91. The maximum atomic E-state index is 12.7. The number of rotatable bonds is 5. The van der Waals surface area contributed by atoms with E-state index in [-0.39, 0.29) is 11.7 Å². The fraction of sp³-hybridized carbons (Fsp3) is 0.400. The first kappa shape index (κ1) is 17.2. The lowest BCUT2D eigenvalue weighted by Gasteiger charge is -2.23. The largest absolute Gasteiger partial charge is 0.294 e. The molecule has 3 aromatic rings. The van der Waals surface area contributed by atoms with Crippen molar-refractivity contribution in [2.45, 2.75) is 50.6 Å². The van der Waals surface area contributed by atoms with Gasteiger partial charge in [0.1, 0.15) is 0 Å². The Hall–Kier alpha value is -2.21. The molecule has 0 spiro atoms. The Labute approximate surface area is 157 Å². The second-order valence-corrected chi connectivity index (χ2v) is 7.94. The number of hydrogen-bond donors (Lipinski definition) is 0. The Kier molecular flexibility index (Phi) is 4.76. The molecule has 0 unspecified atom stereocenters. The summed E-state index contributed by atoms with van der Waals surface area (Å²) in [7, 11) is 0. The summed E-state index contributed by atoms with van der Waals surface area (Å²) in [4.78, 5) is 21.9. The molecule has 0 saturated carbocycles. The topological polar surface area (TPSA) is 60.1 Å². The first-order valence-corrected chi connectivity index (χ1v) is 10.1. The van der Waals surface area contributed by atoms with Crippen LogP contribution >= 0.6 is 11.8 Å². The number of nitrogens with zero attached hydrogens (tertiary/aromatic N) is 4. The Morgan fingerprint density at radius 1 is 1.19 bits per heavy atom. The van der Waals surface area contributed by atoms with Crippen LogP contribution in [0.4, 0.5) is 0 Å². The van der Waals surface area contributed by atoms with Gasteiger partial charge in [0.2, 0.25) is 5.16 Å². The maximum absolute atomic E-state index is 12.7. The predicted octanol–water partition coefficient (Wildman–Crippen LogP) is 4.24. The van der Waals surface area contributed by atoms with Gasteiger partial charge in [0, 0.05) is 18.4 Å². The second kappa shape index (κ2) is 7.19. The summed E-state index contributed by atoms with van der Waals surface area (Å²) >= 11 is 1.64. The number of ketones is 1. The molecule has 1 aromatic carbocycles. The number of benzene rings is 1. The molecule has 134 valence electrons. The van der Waals surface area contributed by atoms with Crippen molar-refractivity contribution in [2.75, 3.05) is 5.75 Å². The number of carbonyl (C=O) groups excluding carboxylic acids is 1. The van der Waals surface area contributed by atoms with Crippen molar-refractivity contribution in [3.05, 3.63) is 52.8 Å². The van der Waals surface area contributed by atoms with Crippen LogP contribution in [0, 0.1) is 6.92 Å². The van der Waals surface area contributed by atoms with Gasteiger partial charge in [-0.3, -0.25) is 4.79 Å². The minimum atomic E-state index is 0.141. The fourth-order valence-corrected chi connectivity index (χ4v) is 4.22. The van der Waals surface area contributed by atoms with Crippen molar-refractivity contribution in [1.82, 2.24) is 19.6 Å². The lowest BCUT2D eigenvalue weighted by atomic mass is 9.82. The molecule has 0 bridgehead atoms. The van der Waals surface area contributed by atoms with Crippen molar-refractivity contribution in [2.24, 2.45) is 0 Å². The first-order valence-electron chi connectivity index (χ1n) is 9.13. The van der Waals surface area contributed by atoms with Gasteiger partial charge in [0.15, 0.2) is 5.78 Å². The van der Waals surface area contributed by atoms with Gasteiger partial charge in [-0.25, -0.2) is 9.50 Å². The van der Waals surface area contributed by atoms with Crippen LogP contribution in [-0.2, 0) is 6.42 Å². The molecule has 1 atom stereocenters. The average Bonchev–Trinajstić information content (AvgIpc) is 3.02. The van der Waals surface area contributed by atoms with E-state index in [1.54, 1.807) is 16.3 Å². The van der Waals surface area contributed by atoms with Crippen molar-refractivity contribution in [3.8, 4) is 0 Å². The molecular formula is C20H22N4OS. The molecule has 2 heterocycles. The minimum absolute atomic E-state index is 0.141. The van der Waals surface area contributed by atoms with E-state index in [4.69, 9.17) is 0 Å². The number of carbonyl (C=O) groups is 1. The molecule has 0 amide bonds. The Morgan fingerprint density at radius 3 is 2.77 bits per heavy atom. The van der Waals surface area contributed by atoms with Gasteiger partial charge in [-0.05, 0) is 31.2 Å². The predicted molar refractivity (Wildman–Crippen MR) is 103 cm³/mol. The highest BCUT2D eigenvalue weighted by Crippen LogP contribution is 2.32. The fourth-order valence-electron chi connectivity index (χ4n) is 3.31. The molecule has 6 heteroatoms. The molecule has 0 fully saturated rings. The zero-order chi connectivity index (χ0) is 18.1. The van der Waals surface area contributed by atoms with E-state index in [1.165, 1.54) is 11.1 Å². The highest BCUT2D eigenvalue weighted by molar-refractivity contribution is 7.99. The summed E-state index contributed by atoms with van der Waals surface area (Å²) < 4.78 is 1.65. The smallest absolute Gasteiger partial charge is 0.253 e. The Balaban J connectivity index is 1.63. The minimum Gasteiger partial charge on any atom is -0.294 e. The first-order chi connectivity index (χ1) is 12.6. The van der Waals surface area contributed by atoms with E-state index in [1.807, 2.05) is 6.20 Å². The van der Waals surface area contributed by atoms with Gasteiger partial charge in [-0.15, -0.1) is 5.10 Å². The van der Waals surface area contributed by atoms with Gasteiger partial charge >= 0.3 is 0 Å². The molecule has 1 aliphatic carbocycles. The zero-order valence-corrected chi connectivity index (χ0v) is 15.9. The maximum Gasteiger partial charge on any atom is 0.253 e. The highest BCUT2D eigenvalue weighted by Gasteiger charge is 2.28. The Morgan fingerprint density at radius 2 is 2.00 bits per heavy atom. The van der Waals surface area contributed by atoms with E-state index >= 15 is 0 Å². The summed E-state index contributed by atoms with van der Waals surface area (Å²) in [5, 5.41) is 5.20. The van der Waals surface area contributed by atoms with E-state index in [0.29, 0.717) is 17.8 Å². The molecule has 5 nitrogen and oxygen atoms in total. The SMILES string of the molecule is CCCCSc1nc2nc3c(cn2n1)C(=O)C[C@@H](c1ccc(C)cc1)C3. The Bertz CT molecular complexity index is 948. The molecule has 0 radical (unpaired) electrons. The standard InChI is InChI=1S/C20H22N4OS/c1-3-4-9-26-20-22-19-21-17-10-15(14-7-5-13(2)6-8-14)11-18(25)16(17)12-24(19)23-20/h5-8,12,15H,3-4,9-11H2,1-2H3/t15-/m0/s1. The monoisotopic (exact) mass is 366 g/mol. The van der Waals surface area contributed by atoms with Crippen LogP contribution in [0.5, 0.6) is 0 Å². The second-order valence-electron chi connectivity index (χ2n) is 6.88. The van der Waals surface area contributed by atoms with Crippen LogP contribution in [0.3, 0.4) is 0 Å². The number of thioether (sulfide) groups is 1. The molecule has 26 heavy (non-hydrogen) atoms. The zero-order valence-electron chi connectivity index (χ0n) is 15.1. The number of aromatic nitrogens is 4. The lowest BCUT2D eigenvalue weighted by molar-refractivity contribution is 0.0962. The van der Waals surface area contributed by atoms with E-state index in [2.05, 4.69) is 53.2 Å². The normalized spacial score (nSPS) is 16.8. The van der Waals surface area contributed by atoms with Crippen LogP contribution in [0.2, 0.25) is 0 Å². The number of hydrogen-bond acceptors (Lipinski definition) is 5. The average molecular weight is 366 g/mol. The van der Waals surface area contributed by atoms with Crippen LogP contribution in [0.15, 0.2) is 35.6 Å². The van der Waals surface area contributed by atoms with E-state index < -0.39 is 0 Å². The number of fused-ring (bicyclic) bond motifs is 2. The van der Waals surface area contributed by atoms with Crippen molar-refractivity contribution in [3.63, 3.8) is 0 Å². The highest BCUT2D eigenvalue weighted by atomic mass is 32.2. The third-order valence-electron chi connectivity index (χ3n) is 4.84. The van der Waals surface area contributed by atoms with Crippen LogP contribution < -0.4 is 0 Å². The van der Waals surface area contributed by atoms with E-state index in [9.17, 15) is 4.79 Å². The number of Topliss-reactive ketones (excluding diaryl/α,β-unsaturated/α-hetero) is 1. The van der Waals surface area contributed by atoms with Gasteiger partial charge in [-0.1, -0.05) is 54.9 Å². The van der Waals surface area contributed by atoms with Crippen molar-refractivity contribution >= 4 is 23.3 Å². The number of aryl methyl sites for hydroxylation is 1. The van der Waals surface area contributed by atoms with Gasteiger partial charge in [-0.2, -0.15) is 4.98 Å².